The molecule has 33 heavy (non-hydrogen) atoms. The van der Waals surface area contributed by atoms with Crippen LogP contribution in [-0.2, 0) is 0 Å². The van der Waals surface area contributed by atoms with Gasteiger partial charge >= 0.3 is 0 Å². The average Bonchev–Trinajstić information content (AvgIpc) is 3.40. The van der Waals surface area contributed by atoms with Crippen LogP contribution in [0.25, 0.3) is 22.9 Å². The third-order valence-electron chi connectivity index (χ3n) is 5.60. The Balaban J connectivity index is 1.79. The first-order valence-electron chi connectivity index (χ1n) is 11.1. The zero-order chi connectivity index (χ0) is 23.2. The number of rotatable bonds is 9. The van der Waals surface area contributed by atoms with Crippen molar-refractivity contribution in [1.82, 2.24) is 35.2 Å². The Kier molecular flexibility index (Phi) is 6.77. The molecule has 0 radical (unpaired) electrons. The molecule has 0 saturated heterocycles. The highest BCUT2D eigenvalue weighted by molar-refractivity contribution is 5.85. The van der Waals surface area contributed by atoms with Crippen LogP contribution in [0.5, 0.6) is 0 Å². The molecule has 9 nitrogen and oxygen atoms in total. The van der Waals surface area contributed by atoms with Gasteiger partial charge in [-0.05, 0) is 35.2 Å². The molecule has 168 valence electrons. The van der Waals surface area contributed by atoms with Crippen LogP contribution in [0.2, 0.25) is 0 Å². The van der Waals surface area contributed by atoms with Crippen molar-refractivity contribution in [3.8, 4) is 5.95 Å². The molecule has 0 aliphatic carbocycles. The van der Waals surface area contributed by atoms with Gasteiger partial charge in [-0.3, -0.25) is 4.98 Å². The molecule has 0 bridgehead atoms. The second kappa shape index (κ2) is 10.1. The van der Waals surface area contributed by atoms with Crippen LogP contribution in [-0.4, -0.2) is 41.4 Å². The molecule has 0 amide bonds. The number of hydrogen-bond donors (Lipinski definition) is 2. The maximum Gasteiger partial charge on any atom is 0.273 e. The summed E-state index contributed by atoms with van der Waals surface area (Å²) in [5.74, 6) is 1.25. The summed E-state index contributed by atoms with van der Waals surface area (Å²) in [7, 11) is 0. The van der Waals surface area contributed by atoms with E-state index in [-0.39, 0.29) is 12.0 Å². The molecular weight excluding hydrogens is 414 g/mol. The molecule has 0 spiro atoms. The Bertz CT molecular complexity index is 1260. The highest BCUT2D eigenvalue weighted by atomic mass is 15.6. The number of nitrogens with zero attached hydrogens (tertiary/aromatic N) is 7. The topological polar surface area (TPSA) is 118 Å². The van der Waals surface area contributed by atoms with Crippen LogP contribution in [0, 0.1) is 11.3 Å². The Morgan fingerprint density at radius 2 is 2.00 bits per heavy atom. The third-order valence-corrected chi connectivity index (χ3v) is 5.60. The molecular formula is C24H27N9. The fourth-order valence-corrected chi connectivity index (χ4v) is 3.47. The summed E-state index contributed by atoms with van der Waals surface area (Å²) in [5.41, 5.74) is 3.25. The van der Waals surface area contributed by atoms with E-state index in [1.807, 2.05) is 30.5 Å². The van der Waals surface area contributed by atoms with E-state index in [1.54, 1.807) is 0 Å². The minimum atomic E-state index is -0.0390. The largest absolute Gasteiger partial charge is 0.363 e. The van der Waals surface area contributed by atoms with Gasteiger partial charge in [-0.1, -0.05) is 62.3 Å². The Labute approximate surface area is 192 Å². The number of aromatic nitrogens is 7. The second-order valence-electron chi connectivity index (χ2n) is 7.85. The van der Waals surface area contributed by atoms with Gasteiger partial charge in [0, 0.05) is 23.4 Å². The summed E-state index contributed by atoms with van der Waals surface area (Å²) in [4.78, 5) is 15.1. The van der Waals surface area contributed by atoms with Crippen molar-refractivity contribution in [3.05, 3.63) is 65.8 Å². The van der Waals surface area contributed by atoms with Crippen LogP contribution in [0.3, 0.4) is 0 Å². The van der Waals surface area contributed by atoms with Crippen LogP contribution in [0.4, 0.5) is 5.82 Å². The summed E-state index contributed by atoms with van der Waals surface area (Å²) >= 11 is 0. The van der Waals surface area contributed by atoms with E-state index < -0.39 is 0 Å². The normalized spacial score (nSPS) is 13.3. The van der Waals surface area contributed by atoms with Crippen LogP contribution in [0.15, 0.2) is 48.9 Å². The number of allylic oxidation sites excluding steroid dienone is 1. The van der Waals surface area contributed by atoms with Crippen molar-refractivity contribution >= 4 is 29.0 Å². The number of pyridine rings is 1. The van der Waals surface area contributed by atoms with Crippen LogP contribution < -0.4 is 5.32 Å². The van der Waals surface area contributed by atoms with E-state index in [0.717, 1.165) is 34.9 Å². The van der Waals surface area contributed by atoms with Gasteiger partial charge in [-0.2, -0.15) is 4.98 Å². The van der Waals surface area contributed by atoms with Gasteiger partial charge in [0.2, 0.25) is 0 Å². The summed E-state index contributed by atoms with van der Waals surface area (Å²) in [6, 6.07) is 10.2. The van der Waals surface area contributed by atoms with Crippen molar-refractivity contribution < 1.29 is 0 Å². The van der Waals surface area contributed by atoms with Gasteiger partial charge in [0.05, 0.1) is 17.3 Å². The van der Waals surface area contributed by atoms with Crippen LogP contribution >= 0.6 is 0 Å². The maximum absolute atomic E-state index is 7.96. The van der Waals surface area contributed by atoms with Gasteiger partial charge in [0.15, 0.2) is 6.33 Å². The number of nitrogens with one attached hydrogen (secondary N) is 2. The zero-order valence-corrected chi connectivity index (χ0v) is 19.0. The lowest BCUT2D eigenvalue weighted by Gasteiger charge is -2.21. The molecule has 0 fully saturated rings. The smallest absolute Gasteiger partial charge is 0.273 e. The number of anilines is 1. The summed E-state index contributed by atoms with van der Waals surface area (Å²) in [5, 5.41) is 24.3. The lowest BCUT2D eigenvalue weighted by Crippen LogP contribution is -2.16. The van der Waals surface area contributed by atoms with Crippen molar-refractivity contribution in [1.29, 1.82) is 5.41 Å². The zero-order valence-electron chi connectivity index (χ0n) is 19.0. The first-order valence-corrected chi connectivity index (χ1v) is 11.1. The molecule has 3 aromatic heterocycles. The average molecular weight is 442 g/mol. The van der Waals surface area contributed by atoms with Crippen molar-refractivity contribution in [2.75, 3.05) is 5.32 Å². The van der Waals surface area contributed by atoms with E-state index in [2.05, 4.69) is 69.7 Å². The molecule has 0 aliphatic heterocycles. The predicted molar refractivity (Wildman–Crippen MR) is 130 cm³/mol. The Morgan fingerprint density at radius 1 is 1.15 bits per heavy atom. The number of benzene rings is 1. The highest BCUT2D eigenvalue weighted by Crippen LogP contribution is 2.28. The van der Waals surface area contributed by atoms with E-state index in [0.29, 0.717) is 17.4 Å². The SMILES string of the molecule is CCC(C)/C=C\c1c(C=N)nc(-n2ncnn2)nc1N[C@H](CC)c1cnc2ccccc2c1. The summed E-state index contributed by atoms with van der Waals surface area (Å²) < 4.78 is 0. The van der Waals surface area contributed by atoms with Gasteiger partial charge in [-0.15, -0.1) is 10.2 Å². The molecule has 4 aromatic rings. The fourth-order valence-electron chi connectivity index (χ4n) is 3.47. The van der Waals surface area contributed by atoms with Crippen molar-refractivity contribution in [2.24, 2.45) is 5.92 Å². The summed E-state index contributed by atoms with van der Waals surface area (Å²) in [6.45, 7) is 6.40. The Morgan fingerprint density at radius 3 is 2.73 bits per heavy atom. The van der Waals surface area contributed by atoms with E-state index >= 15 is 0 Å². The van der Waals surface area contributed by atoms with Crippen molar-refractivity contribution in [2.45, 2.75) is 39.7 Å². The molecule has 9 heteroatoms. The van der Waals surface area contributed by atoms with Gasteiger partial charge < -0.3 is 10.7 Å². The number of para-hydroxylation sites is 1. The molecule has 1 unspecified atom stereocenters. The quantitative estimate of drug-likeness (QED) is 0.364. The van der Waals surface area contributed by atoms with E-state index in [9.17, 15) is 0 Å². The molecule has 2 N–H and O–H groups in total. The third kappa shape index (κ3) is 4.92. The van der Waals surface area contributed by atoms with Gasteiger partial charge in [0.1, 0.15) is 5.82 Å². The predicted octanol–water partition coefficient (Wildman–Crippen LogP) is 4.62. The van der Waals surface area contributed by atoms with Gasteiger partial charge in [0.25, 0.3) is 5.95 Å². The minimum Gasteiger partial charge on any atom is -0.363 e. The van der Waals surface area contributed by atoms with Crippen molar-refractivity contribution in [3.63, 3.8) is 0 Å². The Hall–Kier alpha value is -4.01. The summed E-state index contributed by atoms with van der Waals surface area (Å²) in [6.07, 6.45) is 10.4. The lowest BCUT2D eigenvalue weighted by molar-refractivity contribution is 0.673. The van der Waals surface area contributed by atoms with Crippen LogP contribution in [0.1, 0.15) is 56.5 Å². The van der Waals surface area contributed by atoms with E-state index in [1.165, 1.54) is 17.3 Å². The first-order chi connectivity index (χ1) is 16.1. The molecule has 1 aromatic carbocycles. The molecule has 4 rings (SSSR count). The maximum atomic E-state index is 7.96. The molecule has 0 saturated carbocycles. The number of tetrazole rings is 1. The number of fused-ring (bicyclic) bond motifs is 1. The lowest BCUT2D eigenvalue weighted by atomic mass is 10.0. The van der Waals surface area contributed by atoms with Gasteiger partial charge in [-0.25, -0.2) is 4.98 Å². The second-order valence-corrected chi connectivity index (χ2v) is 7.85. The first kappa shape index (κ1) is 22.2. The highest BCUT2D eigenvalue weighted by Gasteiger charge is 2.18. The number of hydrogen-bond acceptors (Lipinski definition) is 8. The molecule has 3 heterocycles. The fraction of sp³-hybridized carbons (Fsp3) is 0.292. The molecule has 0 aliphatic rings. The van der Waals surface area contributed by atoms with E-state index in [4.69, 9.17) is 10.4 Å². The minimum absolute atomic E-state index is 0.0390. The molecule has 2 atom stereocenters. The standard InChI is InChI=1S/C24H27N9/c1-4-16(3)10-11-19-22(13-25)30-24(33-28-15-27-32-33)31-23(19)29-20(5-2)18-12-17-8-6-7-9-21(17)26-14-18/h6-16,20,25H,4-5H2,1-3H3,(H,29,30,31)/b11-10-,25-13?/t16?,20-/m1/s1. The monoisotopic (exact) mass is 441 g/mol.